The zero-order chi connectivity index (χ0) is 19.4. The first-order valence-electron chi connectivity index (χ1n) is 8.60. The molecule has 0 bridgehead atoms. The fraction of sp³-hybridized carbons (Fsp3) is 0.474. The van der Waals surface area contributed by atoms with Gasteiger partial charge in [0.25, 0.3) is 0 Å². The second-order valence-corrected chi connectivity index (χ2v) is 8.24. The average molecular weight is 420 g/mol. The number of alkyl halides is 3. The number of nitrogens with two attached hydrogens (primary N) is 1. The van der Waals surface area contributed by atoms with Crippen LogP contribution in [0.1, 0.15) is 51.1 Å². The zero-order valence-corrected chi connectivity index (χ0v) is 17.2. The van der Waals surface area contributed by atoms with Crippen LogP contribution in [0.3, 0.4) is 0 Å². The van der Waals surface area contributed by atoms with Crippen molar-refractivity contribution in [2.75, 3.05) is 6.61 Å². The summed E-state index contributed by atoms with van der Waals surface area (Å²) in [5, 5.41) is 0. The molecule has 0 fully saturated rings. The van der Waals surface area contributed by atoms with Crippen molar-refractivity contribution in [2.24, 2.45) is 5.73 Å². The van der Waals surface area contributed by atoms with E-state index in [4.69, 9.17) is 45.3 Å². The minimum atomic E-state index is -1.54. The third-order valence-corrected chi connectivity index (χ3v) is 4.11. The van der Waals surface area contributed by atoms with Gasteiger partial charge < -0.3 is 10.5 Å². The number of rotatable bonds is 11. The Balaban J connectivity index is 2.10. The number of allylic oxidation sites excluding steroid dienone is 3. The maximum atomic E-state index is 10.7. The van der Waals surface area contributed by atoms with Crippen LogP contribution in [0.4, 0.5) is 0 Å². The number of amides is 1. The number of unbranched alkanes of at least 4 members (excludes halogenated alkanes) is 5. The molecule has 0 spiro atoms. The minimum Gasteiger partial charge on any atom is -0.478 e. The highest BCUT2D eigenvalue weighted by molar-refractivity contribution is 6.66. The van der Waals surface area contributed by atoms with Crippen LogP contribution in [0.5, 0.6) is 5.88 Å². The molecule has 0 unspecified atom stereocenters. The Hall–Kier alpha value is -1.23. The summed E-state index contributed by atoms with van der Waals surface area (Å²) in [5.41, 5.74) is 6.32. The summed E-state index contributed by atoms with van der Waals surface area (Å²) in [5.74, 6) is 0.0574. The second kappa shape index (κ2) is 12.2. The van der Waals surface area contributed by atoms with Crippen LogP contribution >= 0.6 is 34.8 Å². The number of halogens is 3. The van der Waals surface area contributed by atoms with E-state index in [-0.39, 0.29) is 0 Å². The predicted octanol–water partition coefficient (Wildman–Crippen LogP) is 5.62. The first-order chi connectivity index (χ1) is 12.3. The molecule has 0 saturated carbocycles. The number of carbonyl (C=O) groups is 1. The SMILES string of the molecule is CC(C=CCCCCCCCOc1cccc(C(Cl)(Cl)Cl)n1)=CC(N)=O. The van der Waals surface area contributed by atoms with Crippen molar-refractivity contribution in [2.45, 2.75) is 49.2 Å². The lowest BCUT2D eigenvalue weighted by Gasteiger charge is -2.11. The summed E-state index contributed by atoms with van der Waals surface area (Å²) in [6.45, 7) is 2.45. The fourth-order valence-corrected chi connectivity index (χ4v) is 2.58. The van der Waals surface area contributed by atoms with Gasteiger partial charge >= 0.3 is 0 Å². The van der Waals surface area contributed by atoms with Crippen molar-refractivity contribution in [3.05, 3.63) is 47.7 Å². The molecule has 0 aliphatic rings. The van der Waals surface area contributed by atoms with Gasteiger partial charge in [-0.05, 0) is 37.8 Å². The van der Waals surface area contributed by atoms with Gasteiger partial charge in [-0.1, -0.05) is 72.3 Å². The molecule has 26 heavy (non-hydrogen) atoms. The molecule has 7 heteroatoms. The van der Waals surface area contributed by atoms with Crippen LogP contribution in [0.15, 0.2) is 42.0 Å². The molecule has 0 aliphatic heterocycles. The van der Waals surface area contributed by atoms with E-state index in [2.05, 4.69) is 11.1 Å². The van der Waals surface area contributed by atoms with Gasteiger partial charge in [-0.15, -0.1) is 0 Å². The van der Waals surface area contributed by atoms with E-state index in [1.54, 1.807) is 18.2 Å². The van der Waals surface area contributed by atoms with Crippen LogP contribution in [0, 0.1) is 0 Å². The van der Waals surface area contributed by atoms with Crippen LogP contribution in [-0.2, 0) is 8.59 Å². The number of hydrogen-bond acceptors (Lipinski definition) is 3. The van der Waals surface area contributed by atoms with Crippen LogP contribution in [-0.4, -0.2) is 17.5 Å². The monoisotopic (exact) mass is 418 g/mol. The Bertz CT molecular complexity index is 625. The van der Waals surface area contributed by atoms with Crippen LogP contribution in [0.25, 0.3) is 0 Å². The normalized spacial score (nSPS) is 12.5. The Labute approximate surface area is 170 Å². The molecule has 0 atom stereocenters. The summed E-state index contributed by atoms with van der Waals surface area (Å²) in [6.07, 6.45) is 11.9. The van der Waals surface area contributed by atoms with Crippen LogP contribution in [0.2, 0.25) is 0 Å². The third kappa shape index (κ3) is 10.7. The van der Waals surface area contributed by atoms with Crippen molar-refractivity contribution in [3.63, 3.8) is 0 Å². The first-order valence-corrected chi connectivity index (χ1v) is 9.74. The maximum Gasteiger partial charge on any atom is 0.241 e. The number of hydrogen-bond donors (Lipinski definition) is 1. The molecular formula is C19H25Cl3N2O2. The quantitative estimate of drug-likeness (QED) is 0.219. The van der Waals surface area contributed by atoms with Gasteiger partial charge in [0.05, 0.1) is 12.3 Å². The summed E-state index contributed by atoms with van der Waals surface area (Å²) < 4.78 is 4.06. The van der Waals surface area contributed by atoms with E-state index in [9.17, 15) is 4.79 Å². The van der Waals surface area contributed by atoms with Gasteiger partial charge in [0, 0.05) is 12.1 Å². The number of carbonyl (C=O) groups excluding carboxylic acids is 1. The summed E-state index contributed by atoms with van der Waals surface area (Å²) >= 11 is 17.4. The number of ether oxygens (including phenoxy) is 1. The van der Waals surface area contributed by atoms with Gasteiger partial charge in [0.2, 0.25) is 15.6 Å². The Morgan fingerprint density at radius 3 is 2.58 bits per heavy atom. The van der Waals surface area contributed by atoms with E-state index in [1.165, 1.54) is 6.08 Å². The standard InChI is InChI=1S/C19H25Cl3N2O2/c1-15(14-17(23)25)10-7-5-3-2-4-6-8-13-26-18-12-9-11-16(24-18)19(20,21)22/h7,9-12,14H,2-6,8,13H2,1H3,(H2,23,25). The molecule has 1 aromatic heterocycles. The molecule has 0 radical (unpaired) electrons. The Kier molecular flexibility index (Phi) is 10.7. The van der Waals surface area contributed by atoms with Crippen molar-refractivity contribution >= 4 is 40.7 Å². The number of aromatic nitrogens is 1. The first kappa shape index (κ1) is 22.8. The lowest BCUT2D eigenvalue weighted by Crippen LogP contribution is -2.06. The molecular weight excluding hydrogens is 395 g/mol. The van der Waals surface area contributed by atoms with Crippen molar-refractivity contribution in [3.8, 4) is 5.88 Å². The molecule has 0 saturated heterocycles. The summed E-state index contributed by atoms with van der Waals surface area (Å²) in [7, 11) is 0. The van der Waals surface area contributed by atoms with Gasteiger partial charge in [-0.2, -0.15) is 0 Å². The van der Waals surface area contributed by atoms with Gasteiger partial charge in [-0.3, -0.25) is 4.79 Å². The molecule has 2 N–H and O–H groups in total. The molecule has 144 valence electrons. The molecule has 1 heterocycles. The van der Waals surface area contributed by atoms with E-state index in [1.807, 2.05) is 13.0 Å². The average Bonchev–Trinajstić information content (AvgIpc) is 2.55. The topological polar surface area (TPSA) is 65.2 Å². The smallest absolute Gasteiger partial charge is 0.241 e. The van der Waals surface area contributed by atoms with Crippen molar-refractivity contribution in [1.29, 1.82) is 0 Å². The molecule has 4 nitrogen and oxygen atoms in total. The lowest BCUT2D eigenvalue weighted by molar-refractivity contribution is -0.113. The van der Waals surface area contributed by atoms with Gasteiger partial charge in [0.15, 0.2) is 0 Å². The Morgan fingerprint density at radius 2 is 1.88 bits per heavy atom. The summed E-state index contributed by atoms with van der Waals surface area (Å²) in [6, 6.07) is 5.16. The second-order valence-electron chi connectivity index (χ2n) is 5.96. The largest absolute Gasteiger partial charge is 0.478 e. The highest BCUT2D eigenvalue weighted by Crippen LogP contribution is 2.37. The molecule has 1 amide bonds. The Morgan fingerprint density at radius 1 is 1.19 bits per heavy atom. The van der Waals surface area contributed by atoms with E-state index in [0.717, 1.165) is 44.1 Å². The highest BCUT2D eigenvalue weighted by atomic mass is 35.6. The maximum absolute atomic E-state index is 10.7. The van der Waals surface area contributed by atoms with Crippen molar-refractivity contribution < 1.29 is 9.53 Å². The molecule has 0 aliphatic carbocycles. The third-order valence-electron chi connectivity index (χ3n) is 3.53. The molecule has 0 aromatic carbocycles. The molecule has 1 aromatic rings. The van der Waals surface area contributed by atoms with Gasteiger partial charge in [-0.25, -0.2) is 4.98 Å². The fourth-order valence-electron chi connectivity index (χ4n) is 2.27. The number of nitrogens with zero attached hydrogens (tertiary/aromatic N) is 1. The van der Waals surface area contributed by atoms with Crippen LogP contribution < -0.4 is 10.5 Å². The lowest BCUT2D eigenvalue weighted by atomic mass is 10.1. The van der Waals surface area contributed by atoms with Crippen molar-refractivity contribution in [1.82, 2.24) is 4.98 Å². The van der Waals surface area contributed by atoms with E-state index < -0.39 is 9.70 Å². The predicted molar refractivity (Wildman–Crippen MR) is 109 cm³/mol. The van der Waals surface area contributed by atoms with E-state index in [0.29, 0.717) is 18.2 Å². The minimum absolute atomic E-state index is 0.356. The van der Waals surface area contributed by atoms with Gasteiger partial charge in [0.1, 0.15) is 0 Å². The number of pyridine rings is 1. The number of primary amides is 1. The zero-order valence-electron chi connectivity index (χ0n) is 14.9. The highest BCUT2D eigenvalue weighted by Gasteiger charge is 2.24. The molecule has 1 rings (SSSR count). The van der Waals surface area contributed by atoms with E-state index >= 15 is 0 Å². The summed E-state index contributed by atoms with van der Waals surface area (Å²) in [4.78, 5) is 14.9.